The molecule has 1 N–H and O–H groups in total. The molecule has 110 valence electrons. The second kappa shape index (κ2) is 5.56. The third-order valence-corrected chi connectivity index (χ3v) is 4.43. The molecule has 2 aromatic rings. The highest BCUT2D eigenvalue weighted by atomic mass is 32.1. The summed E-state index contributed by atoms with van der Waals surface area (Å²) in [6.07, 6.45) is 0. The quantitative estimate of drug-likeness (QED) is 0.912. The summed E-state index contributed by atoms with van der Waals surface area (Å²) < 4.78 is 2.07. The normalized spacial score (nSPS) is 13.0. The van der Waals surface area contributed by atoms with Crippen molar-refractivity contribution in [2.45, 2.75) is 60.5 Å². The van der Waals surface area contributed by atoms with Crippen LogP contribution in [-0.2, 0) is 0 Å². The average molecular weight is 292 g/mol. The van der Waals surface area contributed by atoms with Crippen LogP contribution >= 0.6 is 11.3 Å². The number of nitrogens with zero attached hydrogens (tertiary/aromatic N) is 3. The average Bonchev–Trinajstić information content (AvgIpc) is 2.82. The van der Waals surface area contributed by atoms with Crippen LogP contribution < -0.4 is 5.32 Å². The van der Waals surface area contributed by atoms with Crippen LogP contribution in [-0.4, -0.2) is 14.8 Å². The molecule has 0 aliphatic carbocycles. The molecule has 20 heavy (non-hydrogen) atoms. The Morgan fingerprint density at radius 2 is 1.75 bits per heavy atom. The number of rotatable bonds is 4. The van der Waals surface area contributed by atoms with Crippen molar-refractivity contribution in [1.82, 2.24) is 14.8 Å². The molecule has 2 rings (SSSR count). The van der Waals surface area contributed by atoms with Crippen LogP contribution in [0.15, 0.2) is 0 Å². The Hall–Kier alpha value is -1.36. The molecular weight excluding hydrogens is 268 g/mol. The molecule has 5 heteroatoms. The molecule has 0 fully saturated rings. The summed E-state index contributed by atoms with van der Waals surface area (Å²) in [6, 6.07) is 0.574. The van der Waals surface area contributed by atoms with Crippen molar-refractivity contribution in [2.75, 3.05) is 5.32 Å². The predicted molar refractivity (Wildman–Crippen MR) is 85.7 cm³/mol. The van der Waals surface area contributed by atoms with Gasteiger partial charge in [-0.3, -0.25) is 4.68 Å². The summed E-state index contributed by atoms with van der Waals surface area (Å²) in [5, 5.41) is 9.33. The van der Waals surface area contributed by atoms with E-state index in [2.05, 4.69) is 68.5 Å². The lowest BCUT2D eigenvalue weighted by Gasteiger charge is -2.15. The second-order valence-electron chi connectivity index (χ2n) is 5.62. The van der Waals surface area contributed by atoms with Crippen molar-refractivity contribution < 1.29 is 0 Å². The van der Waals surface area contributed by atoms with Crippen molar-refractivity contribution in [2.24, 2.45) is 0 Å². The SMILES string of the molecule is Cc1nc(C(C)Nc2c(C)nn(C(C)C)c2C)c(C)s1. The smallest absolute Gasteiger partial charge is 0.0901 e. The van der Waals surface area contributed by atoms with E-state index in [1.807, 2.05) is 0 Å². The minimum Gasteiger partial charge on any atom is -0.374 e. The Labute approximate surface area is 125 Å². The molecule has 0 aromatic carbocycles. The van der Waals surface area contributed by atoms with Crippen LogP contribution in [0.2, 0.25) is 0 Å². The maximum absolute atomic E-state index is 4.64. The van der Waals surface area contributed by atoms with Gasteiger partial charge < -0.3 is 5.32 Å². The zero-order chi connectivity index (χ0) is 15.0. The fourth-order valence-corrected chi connectivity index (χ4v) is 3.52. The summed E-state index contributed by atoms with van der Waals surface area (Å²) in [6.45, 7) is 14.8. The van der Waals surface area contributed by atoms with Crippen LogP contribution in [0.4, 0.5) is 5.69 Å². The molecule has 1 unspecified atom stereocenters. The molecule has 0 aliphatic rings. The third-order valence-electron chi connectivity index (χ3n) is 3.52. The Bertz CT molecular complexity index is 610. The summed E-state index contributed by atoms with van der Waals surface area (Å²) >= 11 is 1.75. The van der Waals surface area contributed by atoms with Crippen LogP contribution in [0, 0.1) is 27.7 Å². The predicted octanol–water partition coefficient (Wildman–Crippen LogP) is 4.33. The number of thiazole rings is 1. The van der Waals surface area contributed by atoms with Gasteiger partial charge in [-0.1, -0.05) is 0 Å². The highest BCUT2D eigenvalue weighted by molar-refractivity contribution is 7.11. The van der Waals surface area contributed by atoms with E-state index in [9.17, 15) is 0 Å². The van der Waals surface area contributed by atoms with Gasteiger partial charge in [0, 0.05) is 10.9 Å². The minimum atomic E-state index is 0.196. The lowest BCUT2D eigenvalue weighted by atomic mass is 10.2. The Morgan fingerprint density at radius 3 is 2.20 bits per heavy atom. The van der Waals surface area contributed by atoms with E-state index in [1.165, 1.54) is 10.6 Å². The van der Waals surface area contributed by atoms with Gasteiger partial charge in [0.2, 0.25) is 0 Å². The van der Waals surface area contributed by atoms with E-state index >= 15 is 0 Å². The van der Waals surface area contributed by atoms with Gasteiger partial charge in [0.15, 0.2) is 0 Å². The van der Waals surface area contributed by atoms with Crippen LogP contribution in [0.25, 0.3) is 0 Å². The zero-order valence-electron chi connectivity index (χ0n) is 13.4. The highest BCUT2D eigenvalue weighted by Crippen LogP contribution is 2.29. The van der Waals surface area contributed by atoms with Gasteiger partial charge in [-0.25, -0.2) is 4.98 Å². The maximum atomic E-state index is 4.64. The van der Waals surface area contributed by atoms with Gasteiger partial charge in [0.1, 0.15) is 0 Å². The largest absolute Gasteiger partial charge is 0.374 e. The molecule has 0 aliphatic heterocycles. The molecule has 4 nitrogen and oxygen atoms in total. The zero-order valence-corrected chi connectivity index (χ0v) is 14.2. The summed E-state index contributed by atoms with van der Waals surface area (Å²) in [4.78, 5) is 5.92. The first-order valence-corrected chi connectivity index (χ1v) is 7.89. The van der Waals surface area contributed by atoms with Gasteiger partial charge in [-0.05, 0) is 48.5 Å². The van der Waals surface area contributed by atoms with Crippen LogP contribution in [0.1, 0.15) is 59.8 Å². The Morgan fingerprint density at radius 1 is 1.10 bits per heavy atom. The van der Waals surface area contributed by atoms with Gasteiger partial charge in [-0.15, -0.1) is 11.3 Å². The molecule has 1 atom stereocenters. The molecular formula is C15H24N4S. The summed E-state index contributed by atoms with van der Waals surface area (Å²) in [5.74, 6) is 0. The first-order chi connectivity index (χ1) is 9.31. The second-order valence-corrected chi connectivity index (χ2v) is 7.03. The molecule has 0 spiro atoms. The molecule has 0 saturated heterocycles. The van der Waals surface area contributed by atoms with Gasteiger partial charge in [0.05, 0.1) is 33.8 Å². The first-order valence-electron chi connectivity index (χ1n) is 7.07. The van der Waals surface area contributed by atoms with Gasteiger partial charge in [-0.2, -0.15) is 5.10 Å². The Balaban J connectivity index is 2.28. The first kappa shape index (κ1) is 15.0. The van der Waals surface area contributed by atoms with Crippen LogP contribution in [0.3, 0.4) is 0 Å². The lowest BCUT2D eigenvalue weighted by Crippen LogP contribution is -2.10. The summed E-state index contributed by atoms with van der Waals surface area (Å²) in [7, 11) is 0. The van der Waals surface area contributed by atoms with E-state index < -0.39 is 0 Å². The lowest BCUT2D eigenvalue weighted by molar-refractivity contribution is 0.516. The minimum absolute atomic E-state index is 0.196. The Kier molecular flexibility index (Phi) is 4.18. The van der Waals surface area contributed by atoms with Crippen molar-refractivity contribution in [3.05, 3.63) is 27.0 Å². The van der Waals surface area contributed by atoms with Crippen molar-refractivity contribution in [3.63, 3.8) is 0 Å². The molecule has 0 bridgehead atoms. The molecule has 0 amide bonds. The number of anilines is 1. The molecule has 0 radical (unpaired) electrons. The van der Waals surface area contributed by atoms with E-state index in [0.29, 0.717) is 6.04 Å². The van der Waals surface area contributed by atoms with E-state index in [-0.39, 0.29) is 6.04 Å². The van der Waals surface area contributed by atoms with Gasteiger partial charge in [0.25, 0.3) is 0 Å². The number of nitrogens with one attached hydrogen (secondary N) is 1. The monoisotopic (exact) mass is 292 g/mol. The fraction of sp³-hybridized carbons (Fsp3) is 0.600. The van der Waals surface area contributed by atoms with Crippen LogP contribution in [0.5, 0.6) is 0 Å². The van der Waals surface area contributed by atoms with Crippen molar-refractivity contribution in [1.29, 1.82) is 0 Å². The van der Waals surface area contributed by atoms with E-state index in [1.54, 1.807) is 11.3 Å². The number of hydrogen-bond acceptors (Lipinski definition) is 4. The van der Waals surface area contributed by atoms with E-state index in [0.717, 1.165) is 22.1 Å². The summed E-state index contributed by atoms with van der Waals surface area (Å²) in [5.41, 5.74) is 4.52. The third kappa shape index (κ3) is 2.73. The molecule has 2 heterocycles. The number of hydrogen-bond donors (Lipinski definition) is 1. The fourth-order valence-electron chi connectivity index (χ4n) is 2.61. The van der Waals surface area contributed by atoms with Crippen molar-refractivity contribution >= 4 is 17.0 Å². The molecule has 0 saturated carbocycles. The molecule has 2 aromatic heterocycles. The standard InChI is InChI=1S/C15H24N4S/c1-8(2)19-11(5)14(10(4)18-19)16-9(3)15-12(6)20-13(7)17-15/h8-9,16H,1-7H3. The topological polar surface area (TPSA) is 42.7 Å². The van der Waals surface area contributed by atoms with Gasteiger partial charge >= 0.3 is 0 Å². The van der Waals surface area contributed by atoms with Crippen molar-refractivity contribution in [3.8, 4) is 0 Å². The van der Waals surface area contributed by atoms with E-state index in [4.69, 9.17) is 0 Å². The number of aryl methyl sites for hydroxylation is 3. The number of aromatic nitrogens is 3. The maximum Gasteiger partial charge on any atom is 0.0901 e. The highest BCUT2D eigenvalue weighted by Gasteiger charge is 2.18.